The molecular weight excluding hydrogens is 336 g/mol. The van der Waals surface area contributed by atoms with E-state index in [1.54, 1.807) is 35.7 Å². The molecule has 0 saturated carbocycles. The van der Waals surface area contributed by atoms with Gasteiger partial charge in [-0.05, 0) is 42.8 Å². The molecule has 6 heteroatoms. The quantitative estimate of drug-likeness (QED) is 0.822. The lowest BCUT2D eigenvalue weighted by Gasteiger charge is -2.22. The Bertz CT molecular complexity index is 776. The number of rotatable bonds is 5. The standard InChI is InChI=1S/C19H24N2O3S/c1-24-18-10-8-17(9-11-18)16-20-12-5-13-21(15-14-20)25(22,23)19-6-3-2-4-7-19/h2-4,6-11H,5,12-16H2,1H3. The molecule has 0 aliphatic carbocycles. The van der Waals surface area contributed by atoms with Gasteiger partial charge >= 0.3 is 0 Å². The van der Waals surface area contributed by atoms with Gasteiger partial charge < -0.3 is 4.74 Å². The Morgan fingerprint density at radius 2 is 1.64 bits per heavy atom. The molecule has 0 amide bonds. The van der Waals surface area contributed by atoms with Crippen molar-refractivity contribution in [1.82, 2.24) is 9.21 Å². The Balaban J connectivity index is 1.64. The first kappa shape index (κ1) is 17.9. The van der Waals surface area contributed by atoms with Crippen LogP contribution in [0.2, 0.25) is 0 Å². The first-order chi connectivity index (χ1) is 12.1. The minimum absolute atomic E-state index is 0.374. The maximum Gasteiger partial charge on any atom is 0.243 e. The molecule has 0 bridgehead atoms. The van der Waals surface area contributed by atoms with Crippen molar-refractivity contribution in [3.05, 3.63) is 60.2 Å². The molecule has 0 N–H and O–H groups in total. The van der Waals surface area contributed by atoms with Crippen molar-refractivity contribution in [1.29, 1.82) is 0 Å². The van der Waals surface area contributed by atoms with E-state index in [1.165, 1.54) is 5.56 Å². The van der Waals surface area contributed by atoms with Gasteiger partial charge in [0.1, 0.15) is 5.75 Å². The van der Waals surface area contributed by atoms with E-state index in [0.29, 0.717) is 18.0 Å². The second kappa shape index (κ2) is 7.99. The molecule has 0 spiro atoms. The number of benzene rings is 2. The van der Waals surface area contributed by atoms with Crippen LogP contribution in [0.15, 0.2) is 59.5 Å². The summed E-state index contributed by atoms with van der Waals surface area (Å²) in [6.45, 7) is 3.54. The monoisotopic (exact) mass is 360 g/mol. The van der Waals surface area contributed by atoms with Gasteiger partial charge in [-0.3, -0.25) is 4.90 Å². The second-order valence-corrected chi connectivity index (χ2v) is 8.13. The molecule has 1 heterocycles. The molecule has 0 unspecified atom stereocenters. The Morgan fingerprint density at radius 3 is 2.32 bits per heavy atom. The third kappa shape index (κ3) is 4.39. The maximum atomic E-state index is 12.8. The van der Waals surface area contributed by atoms with Crippen molar-refractivity contribution in [3.8, 4) is 5.75 Å². The van der Waals surface area contributed by atoms with Crippen LogP contribution in [0.3, 0.4) is 0 Å². The van der Waals surface area contributed by atoms with Crippen LogP contribution in [0.4, 0.5) is 0 Å². The van der Waals surface area contributed by atoms with Crippen molar-refractivity contribution in [2.24, 2.45) is 0 Å². The zero-order valence-corrected chi connectivity index (χ0v) is 15.3. The summed E-state index contributed by atoms with van der Waals surface area (Å²) in [5.41, 5.74) is 1.21. The number of hydrogen-bond acceptors (Lipinski definition) is 4. The number of methoxy groups -OCH3 is 1. The molecule has 3 rings (SSSR count). The van der Waals surface area contributed by atoms with Gasteiger partial charge in [-0.2, -0.15) is 4.31 Å². The average Bonchev–Trinajstić information content (AvgIpc) is 2.89. The van der Waals surface area contributed by atoms with Gasteiger partial charge in [-0.25, -0.2) is 8.42 Å². The fourth-order valence-electron chi connectivity index (χ4n) is 3.08. The molecule has 1 saturated heterocycles. The lowest BCUT2D eigenvalue weighted by Crippen LogP contribution is -2.35. The highest BCUT2D eigenvalue weighted by Crippen LogP contribution is 2.19. The van der Waals surface area contributed by atoms with Crippen molar-refractivity contribution < 1.29 is 13.2 Å². The Kier molecular flexibility index (Phi) is 5.73. The Hall–Kier alpha value is -1.89. The number of ether oxygens (including phenoxy) is 1. The fourth-order valence-corrected chi connectivity index (χ4v) is 4.57. The number of nitrogens with zero attached hydrogens (tertiary/aromatic N) is 2. The molecule has 0 atom stereocenters. The number of sulfonamides is 1. The maximum absolute atomic E-state index is 12.8. The van der Waals surface area contributed by atoms with E-state index >= 15 is 0 Å². The van der Waals surface area contributed by atoms with Gasteiger partial charge in [0, 0.05) is 26.2 Å². The van der Waals surface area contributed by atoms with Crippen LogP contribution in [-0.4, -0.2) is 50.9 Å². The van der Waals surface area contributed by atoms with E-state index in [0.717, 1.165) is 31.8 Å². The summed E-state index contributed by atoms with van der Waals surface area (Å²) in [7, 11) is -1.74. The van der Waals surface area contributed by atoms with Crippen LogP contribution in [-0.2, 0) is 16.6 Å². The second-order valence-electron chi connectivity index (χ2n) is 6.19. The van der Waals surface area contributed by atoms with Crippen LogP contribution >= 0.6 is 0 Å². The average molecular weight is 360 g/mol. The lowest BCUT2D eigenvalue weighted by atomic mass is 10.2. The van der Waals surface area contributed by atoms with Crippen molar-refractivity contribution in [2.45, 2.75) is 17.9 Å². The van der Waals surface area contributed by atoms with Crippen LogP contribution < -0.4 is 4.74 Å². The van der Waals surface area contributed by atoms with Crippen LogP contribution in [0.5, 0.6) is 5.75 Å². The Morgan fingerprint density at radius 1 is 0.920 bits per heavy atom. The van der Waals surface area contributed by atoms with E-state index in [4.69, 9.17) is 4.74 Å². The largest absolute Gasteiger partial charge is 0.497 e. The van der Waals surface area contributed by atoms with Crippen LogP contribution in [0, 0.1) is 0 Å². The molecule has 2 aromatic rings. The minimum Gasteiger partial charge on any atom is -0.497 e. The van der Waals surface area contributed by atoms with E-state index in [1.807, 2.05) is 18.2 Å². The summed E-state index contributed by atoms with van der Waals surface area (Å²) in [6.07, 6.45) is 0.836. The molecule has 25 heavy (non-hydrogen) atoms. The highest BCUT2D eigenvalue weighted by Gasteiger charge is 2.26. The Labute approximate surface area is 149 Å². The highest BCUT2D eigenvalue weighted by atomic mass is 32.2. The van der Waals surface area contributed by atoms with Crippen LogP contribution in [0.1, 0.15) is 12.0 Å². The van der Waals surface area contributed by atoms with Crippen molar-refractivity contribution >= 4 is 10.0 Å². The predicted molar refractivity (Wildman–Crippen MR) is 98.1 cm³/mol. The molecule has 2 aromatic carbocycles. The molecule has 1 aliphatic heterocycles. The van der Waals surface area contributed by atoms with E-state index in [9.17, 15) is 8.42 Å². The van der Waals surface area contributed by atoms with Crippen molar-refractivity contribution in [2.75, 3.05) is 33.3 Å². The smallest absolute Gasteiger partial charge is 0.243 e. The fraction of sp³-hybridized carbons (Fsp3) is 0.368. The summed E-state index contributed by atoms with van der Waals surface area (Å²) in [5, 5.41) is 0. The topological polar surface area (TPSA) is 49.9 Å². The molecule has 5 nitrogen and oxygen atoms in total. The molecule has 1 aliphatic rings. The van der Waals surface area contributed by atoms with Crippen molar-refractivity contribution in [3.63, 3.8) is 0 Å². The summed E-state index contributed by atoms with van der Waals surface area (Å²) < 4.78 is 32.3. The summed E-state index contributed by atoms with van der Waals surface area (Å²) >= 11 is 0. The SMILES string of the molecule is COc1ccc(CN2CCCN(S(=O)(=O)c3ccccc3)CC2)cc1. The summed E-state index contributed by atoms with van der Waals surface area (Å²) in [6, 6.07) is 16.7. The minimum atomic E-state index is -3.40. The van der Waals surface area contributed by atoms with Gasteiger partial charge in [0.05, 0.1) is 12.0 Å². The number of hydrogen-bond donors (Lipinski definition) is 0. The highest BCUT2D eigenvalue weighted by molar-refractivity contribution is 7.89. The molecular formula is C19H24N2O3S. The molecule has 1 fully saturated rings. The first-order valence-corrected chi connectivity index (χ1v) is 9.94. The first-order valence-electron chi connectivity index (χ1n) is 8.50. The van der Waals surface area contributed by atoms with E-state index in [-0.39, 0.29) is 0 Å². The lowest BCUT2D eigenvalue weighted by molar-refractivity contribution is 0.278. The third-order valence-corrected chi connectivity index (χ3v) is 6.41. The van der Waals surface area contributed by atoms with E-state index < -0.39 is 10.0 Å². The van der Waals surface area contributed by atoms with Gasteiger partial charge in [-0.1, -0.05) is 30.3 Å². The molecule has 0 radical (unpaired) electrons. The normalized spacial score (nSPS) is 17.2. The van der Waals surface area contributed by atoms with E-state index in [2.05, 4.69) is 17.0 Å². The predicted octanol–water partition coefficient (Wildman–Crippen LogP) is 2.59. The zero-order chi connectivity index (χ0) is 17.7. The van der Waals surface area contributed by atoms with Gasteiger partial charge in [0.2, 0.25) is 10.0 Å². The molecule has 0 aromatic heterocycles. The summed E-state index contributed by atoms with van der Waals surface area (Å²) in [4.78, 5) is 2.68. The molecule has 134 valence electrons. The summed E-state index contributed by atoms with van der Waals surface area (Å²) in [5.74, 6) is 0.847. The zero-order valence-electron chi connectivity index (χ0n) is 14.5. The van der Waals surface area contributed by atoms with Gasteiger partial charge in [0.25, 0.3) is 0 Å². The van der Waals surface area contributed by atoms with Gasteiger partial charge in [-0.15, -0.1) is 0 Å². The van der Waals surface area contributed by atoms with Gasteiger partial charge in [0.15, 0.2) is 0 Å². The van der Waals surface area contributed by atoms with Crippen LogP contribution in [0.25, 0.3) is 0 Å². The third-order valence-electron chi connectivity index (χ3n) is 4.49.